The highest BCUT2D eigenvalue weighted by Gasteiger charge is 2.02. The van der Waals surface area contributed by atoms with E-state index in [1.54, 1.807) is 23.0 Å². The molecule has 28 heavy (non-hydrogen) atoms. The van der Waals surface area contributed by atoms with Crippen LogP contribution in [0.25, 0.3) is 11.8 Å². The zero-order valence-electron chi connectivity index (χ0n) is 16.2. The molecule has 144 valence electrons. The normalized spacial score (nSPS) is 11.2. The van der Waals surface area contributed by atoms with Crippen LogP contribution in [0.2, 0.25) is 0 Å². The summed E-state index contributed by atoms with van der Waals surface area (Å²) in [4.78, 5) is 14.2. The van der Waals surface area contributed by atoms with Crippen molar-refractivity contribution in [2.75, 3.05) is 20.1 Å². The first-order valence-electron chi connectivity index (χ1n) is 9.49. The molecule has 3 aromatic rings. The van der Waals surface area contributed by atoms with E-state index in [-0.39, 0.29) is 5.91 Å². The molecule has 1 aromatic heterocycles. The van der Waals surface area contributed by atoms with Crippen LogP contribution in [0.4, 0.5) is 0 Å². The van der Waals surface area contributed by atoms with Gasteiger partial charge in [0.25, 0.3) is 0 Å². The molecule has 0 aliphatic carbocycles. The molecule has 0 saturated heterocycles. The van der Waals surface area contributed by atoms with E-state index in [4.69, 9.17) is 0 Å². The third-order valence-corrected chi connectivity index (χ3v) is 4.36. The lowest BCUT2D eigenvalue weighted by molar-refractivity contribution is -0.116. The van der Waals surface area contributed by atoms with Gasteiger partial charge in [-0.3, -0.25) is 4.79 Å². The van der Waals surface area contributed by atoms with Gasteiger partial charge < -0.3 is 10.2 Å². The third-order valence-electron chi connectivity index (χ3n) is 4.36. The van der Waals surface area contributed by atoms with E-state index in [0.717, 1.165) is 30.8 Å². The van der Waals surface area contributed by atoms with Gasteiger partial charge in [-0.05, 0) is 43.8 Å². The topological polar surface area (TPSA) is 50.2 Å². The van der Waals surface area contributed by atoms with Crippen molar-refractivity contribution >= 4 is 12.0 Å². The number of nitrogens with one attached hydrogen (secondary N) is 1. The number of rotatable bonds is 9. The van der Waals surface area contributed by atoms with Crippen molar-refractivity contribution < 1.29 is 4.79 Å². The van der Waals surface area contributed by atoms with Gasteiger partial charge >= 0.3 is 0 Å². The van der Waals surface area contributed by atoms with E-state index in [2.05, 4.69) is 46.6 Å². The Bertz CT molecular complexity index is 887. The first-order chi connectivity index (χ1) is 13.7. The maximum Gasteiger partial charge on any atom is 0.244 e. The van der Waals surface area contributed by atoms with Crippen LogP contribution in [-0.4, -0.2) is 40.7 Å². The van der Waals surface area contributed by atoms with Crippen molar-refractivity contribution in [2.45, 2.75) is 13.0 Å². The Morgan fingerprint density at radius 2 is 1.82 bits per heavy atom. The van der Waals surface area contributed by atoms with Gasteiger partial charge in [-0.1, -0.05) is 48.5 Å². The lowest BCUT2D eigenvalue weighted by atomic mass is 10.2. The molecule has 0 spiro atoms. The number of para-hydroxylation sites is 1. The molecule has 1 heterocycles. The van der Waals surface area contributed by atoms with Gasteiger partial charge in [0.05, 0.1) is 11.9 Å². The van der Waals surface area contributed by atoms with Crippen molar-refractivity contribution in [3.8, 4) is 5.69 Å². The molecule has 0 aliphatic heterocycles. The molecule has 0 saturated carbocycles. The molecular formula is C23H26N4O. The Morgan fingerprint density at radius 1 is 1.11 bits per heavy atom. The van der Waals surface area contributed by atoms with Gasteiger partial charge in [0.15, 0.2) is 0 Å². The Balaban J connectivity index is 1.37. The van der Waals surface area contributed by atoms with Crippen LogP contribution in [0.5, 0.6) is 0 Å². The molecule has 0 radical (unpaired) electrons. The van der Waals surface area contributed by atoms with Crippen LogP contribution in [0, 0.1) is 0 Å². The molecule has 0 bridgehead atoms. The SMILES string of the molecule is CN(CCCNC(=O)C=Cc1cnn(-c2ccccc2)c1)Cc1ccccc1. The van der Waals surface area contributed by atoms with Gasteiger partial charge in [-0.25, -0.2) is 4.68 Å². The fourth-order valence-electron chi connectivity index (χ4n) is 2.91. The molecule has 0 aliphatic rings. The second-order valence-corrected chi connectivity index (χ2v) is 6.76. The summed E-state index contributed by atoms with van der Waals surface area (Å²) in [5.74, 6) is -0.0850. The fraction of sp³-hybridized carbons (Fsp3) is 0.217. The summed E-state index contributed by atoms with van der Waals surface area (Å²) in [6.07, 6.45) is 7.89. The van der Waals surface area contributed by atoms with Gasteiger partial charge in [0.1, 0.15) is 0 Å². The van der Waals surface area contributed by atoms with Crippen LogP contribution >= 0.6 is 0 Å². The fourth-order valence-corrected chi connectivity index (χ4v) is 2.91. The van der Waals surface area contributed by atoms with Gasteiger partial charge in [0.2, 0.25) is 5.91 Å². The molecule has 0 fully saturated rings. The standard InChI is InChI=1S/C23H26N4O/c1-26(18-20-9-4-2-5-10-20)16-8-15-24-23(28)14-13-21-17-25-27(19-21)22-11-6-3-7-12-22/h2-7,9-14,17,19H,8,15-16,18H2,1H3,(H,24,28). The number of nitrogens with zero attached hydrogens (tertiary/aromatic N) is 3. The summed E-state index contributed by atoms with van der Waals surface area (Å²) < 4.78 is 1.79. The molecular weight excluding hydrogens is 348 g/mol. The minimum absolute atomic E-state index is 0.0850. The summed E-state index contributed by atoms with van der Waals surface area (Å²) in [5.41, 5.74) is 3.18. The summed E-state index contributed by atoms with van der Waals surface area (Å²) >= 11 is 0. The largest absolute Gasteiger partial charge is 0.353 e. The third kappa shape index (κ3) is 6.21. The molecule has 1 amide bonds. The Kier molecular flexibility index (Phi) is 7.15. The van der Waals surface area contributed by atoms with E-state index >= 15 is 0 Å². The van der Waals surface area contributed by atoms with E-state index in [1.807, 2.05) is 42.6 Å². The second kappa shape index (κ2) is 10.2. The average Bonchev–Trinajstić information content (AvgIpc) is 3.20. The highest BCUT2D eigenvalue weighted by molar-refractivity contribution is 5.91. The molecule has 0 unspecified atom stereocenters. The van der Waals surface area contributed by atoms with Gasteiger partial charge in [-0.2, -0.15) is 5.10 Å². The number of carbonyl (C=O) groups is 1. The summed E-state index contributed by atoms with van der Waals surface area (Å²) in [5, 5.41) is 7.25. The molecule has 0 atom stereocenters. The van der Waals surface area contributed by atoms with E-state index in [0.29, 0.717) is 6.54 Å². The van der Waals surface area contributed by atoms with Crippen molar-refractivity contribution in [3.05, 3.63) is 90.3 Å². The van der Waals surface area contributed by atoms with Crippen molar-refractivity contribution in [1.29, 1.82) is 0 Å². The Hall–Kier alpha value is -3.18. The summed E-state index contributed by atoms with van der Waals surface area (Å²) in [7, 11) is 2.10. The Labute approximate surface area is 166 Å². The number of benzene rings is 2. The van der Waals surface area contributed by atoms with Crippen LogP contribution < -0.4 is 5.32 Å². The second-order valence-electron chi connectivity index (χ2n) is 6.76. The van der Waals surface area contributed by atoms with Gasteiger partial charge in [0, 0.05) is 30.9 Å². The molecule has 2 aromatic carbocycles. The first-order valence-corrected chi connectivity index (χ1v) is 9.49. The number of amides is 1. The monoisotopic (exact) mass is 374 g/mol. The Morgan fingerprint density at radius 3 is 2.57 bits per heavy atom. The van der Waals surface area contributed by atoms with Crippen LogP contribution in [0.15, 0.2) is 79.1 Å². The van der Waals surface area contributed by atoms with Crippen molar-refractivity contribution in [1.82, 2.24) is 20.0 Å². The highest BCUT2D eigenvalue weighted by Crippen LogP contribution is 2.08. The maximum atomic E-state index is 12.0. The lowest BCUT2D eigenvalue weighted by Gasteiger charge is -2.16. The zero-order valence-corrected chi connectivity index (χ0v) is 16.2. The smallest absolute Gasteiger partial charge is 0.244 e. The molecule has 5 heteroatoms. The zero-order chi connectivity index (χ0) is 19.6. The van der Waals surface area contributed by atoms with E-state index in [1.165, 1.54) is 5.56 Å². The minimum atomic E-state index is -0.0850. The van der Waals surface area contributed by atoms with Crippen molar-refractivity contribution in [2.24, 2.45) is 0 Å². The van der Waals surface area contributed by atoms with Crippen molar-refractivity contribution in [3.63, 3.8) is 0 Å². The molecule has 5 nitrogen and oxygen atoms in total. The van der Waals surface area contributed by atoms with Gasteiger partial charge in [-0.15, -0.1) is 0 Å². The van der Waals surface area contributed by atoms with E-state index < -0.39 is 0 Å². The lowest BCUT2D eigenvalue weighted by Crippen LogP contribution is -2.26. The van der Waals surface area contributed by atoms with Crippen LogP contribution in [-0.2, 0) is 11.3 Å². The van der Waals surface area contributed by atoms with Crippen LogP contribution in [0.3, 0.4) is 0 Å². The minimum Gasteiger partial charge on any atom is -0.353 e. The van der Waals surface area contributed by atoms with Crippen LogP contribution in [0.1, 0.15) is 17.5 Å². The predicted octanol–water partition coefficient (Wildman–Crippen LogP) is 3.52. The number of carbonyl (C=O) groups excluding carboxylic acids is 1. The quantitative estimate of drug-likeness (QED) is 0.460. The molecule has 1 N–H and O–H groups in total. The molecule has 3 rings (SSSR count). The number of hydrogen-bond donors (Lipinski definition) is 1. The maximum absolute atomic E-state index is 12.0. The predicted molar refractivity (Wildman–Crippen MR) is 113 cm³/mol. The summed E-state index contributed by atoms with van der Waals surface area (Å²) in [6.45, 7) is 2.51. The number of hydrogen-bond acceptors (Lipinski definition) is 3. The average molecular weight is 374 g/mol. The highest BCUT2D eigenvalue weighted by atomic mass is 16.1. The van der Waals surface area contributed by atoms with E-state index in [9.17, 15) is 4.79 Å². The summed E-state index contributed by atoms with van der Waals surface area (Å²) in [6, 6.07) is 20.3. The number of aromatic nitrogens is 2. The first kappa shape index (κ1) is 19.6.